The van der Waals surface area contributed by atoms with E-state index in [4.69, 9.17) is 10.7 Å². The number of benzene rings is 2. The van der Waals surface area contributed by atoms with Crippen LogP contribution in [-0.4, -0.2) is 4.98 Å². The molecule has 2 N–H and O–H groups in total. The van der Waals surface area contributed by atoms with Gasteiger partial charge < -0.3 is 5.73 Å². The summed E-state index contributed by atoms with van der Waals surface area (Å²) in [6.45, 7) is 7.07. The molecule has 3 aromatic rings. The van der Waals surface area contributed by atoms with Crippen LogP contribution in [-0.2, 0) is 13.0 Å². The number of aromatic nitrogens is 1. The average Bonchev–Trinajstić information content (AvgIpc) is 2.62. The Labute approximate surface area is 150 Å². The Kier molecular flexibility index (Phi) is 5.30. The molecule has 0 radical (unpaired) electrons. The lowest BCUT2D eigenvalue weighted by molar-refractivity contribution is 0.630. The first-order chi connectivity index (χ1) is 12.1. The van der Waals surface area contributed by atoms with Crippen molar-refractivity contribution in [2.45, 2.75) is 33.7 Å². The number of nitrogens with two attached hydrogens (primary N) is 1. The minimum Gasteiger partial charge on any atom is -0.326 e. The average molecular weight is 330 g/mol. The molecule has 2 heteroatoms. The highest BCUT2D eigenvalue weighted by atomic mass is 14.7. The molecule has 0 spiro atoms. The zero-order chi connectivity index (χ0) is 17.8. The largest absolute Gasteiger partial charge is 0.326 e. The van der Waals surface area contributed by atoms with E-state index >= 15 is 0 Å². The lowest BCUT2D eigenvalue weighted by atomic mass is 9.93. The van der Waals surface area contributed by atoms with Crippen LogP contribution in [0.4, 0.5) is 0 Å². The second kappa shape index (κ2) is 7.62. The fourth-order valence-electron chi connectivity index (χ4n) is 3.16. The van der Waals surface area contributed by atoms with Gasteiger partial charge in [0.15, 0.2) is 0 Å². The minimum absolute atomic E-state index is 0.507. The second-order valence-corrected chi connectivity index (χ2v) is 7.01. The standard InChI is InChI=1S/C23H26N2/c1-16(2)13-23-21(15-24)20(18-11-9-17(3)10-12-18)14-22(25-23)19-7-5-4-6-8-19/h4-12,14,16H,13,15,24H2,1-3H3. The van der Waals surface area contributed by atoms with Gasteiger partial charge in [-0.2, -0.15) is 0 Å². The molecule has 3 rings (SSSR count). The van der Waals surface area contributed by atoms with E-state index in [1.807, 2.05) is 6.07 Å². The van der Waals surface area contributed by atoms with Crippen molar-refractivity contribution in [2.75, 3.05) is 0 Å². The predicted molar refractivity (Wildman–Crippen MR) is 106 cm³/mol. The van der Waals surface area contributed by atoms with Crippen molar-refractivity contribution in [1.82, 2.24) is 4.98 Å². The van der Waals surface area contributed by atoms with Crippen LogP contribution in [0.1, 0.15) is 30.7 Å². The van der Waals surface area contributed by atoms with E-state index < -0.39 is 0 Å². The van der Waals surface area contributed by atoms with Crippen molar-refractivity contribution >= 4 is 0 Å². The summed E-state index contributed by atoms with van der Waals surface area (Å²) in [5.41, 5.74) is 14.3. The summed E-state index contributed by atoms with van der Waals surface area (Å²) in [4.78, 5) is 4.98. The van der Waals surface area contributed by atoms with E-state index in [0.29, 0.717) is 12.5 Å². The second-order valence-electron chi connectivity index (χ2n) is 7.01. The lowest BCUT2D eigenvalue weighted by Gasteiger charge is -2.17. The Morgan fingerprint density at radius 2 is 1.60 bits per heavy atom. The number of hydrogen-bond donors (Lipinski definition) is 1. The summed E-state index contributed by atoms with van der Waals surface area (Å²) in [5.74, 6) is 0.537. The maximum Gasteiger partial charge on any atom is 0.0711 e. The molecular formula is C23H26N2. The van der Waals surface area contributed by atoms with Gasteiger partial charge in [-0.15, -0.1) is 0 Å². The molecule has 0 fully saturated rings. The normalized spacial score (nSPS) is 11.1. The van der Waals surface area contributed by atoms with E-state index in [1.54, 1.807) is 0 Å². The molecule has 2 nitrogen and oxygen atoms in total. The Morgan fingerprint density at radius 1 is 0.920 bits per heavy atom. The molecule has 0 aliphatic carbocycles. The van der Waals surface area contributed by atoms with Crippen LogP contribution in [0.5, 0.6) is 0 Å². The Balaban J connectivity index is 2.21. The van der Waals surface area contributed by atoms with Crippen LogP contribution in [0.25, 0.3) is 22.4 Å². The molecule has 0 amide bonds. The monoisotopic (exact) mass is 330 g/mol. The van der Waals surface area contributed by atoms with Crippen molar-refractivity contribution in [3.8, 4) is 22.4 Å². The maximum atomic E-state index is 6.14. The molecular weight excluding hydrogens is 304 g/mol. The fourth-order valence-corrected chi connectivity index (χ4v) is 3.16. The third-order valence-corrected chi connectivity index (χ3v) is 4.45. The fraction of sp³-hybridized carbons (Fsp3) is 0.261. The highest BCUT2D eigenvalue weighted by Crippen LogP contribution is 2.31. The first-order valence-corrected chi connectivity index (χ1v) is 8.93. The summed E-state index contributed by atoms with van der Waals surface area (Å²) in [7, 11) is 0. The molecule has 1 heterocycles. The summed E-state index contributed by atoms with van der Waals surface area (Å²) in [6, 6.07) is 21.2. The van der Waals surface area contributed by atoms with Gasteiger partial charge in [0.05, 0.1) is 5.69 Å². The molecule has 0 saturated heterocycles. The van der Waals surface area contributed by atoms with Crippen molar-refractivity contribution in [3.63, 3.8) is 0 Å². The van der Waals surface area contributed by atoms with Gasteiger partial charge in [-0.25, -0.2) is 0 Å². The summed E-state index contributed by atoms with van der Waals surface area (Å²) in [6.07, 6.45) is 0.937. The molecule has 0 aliphatic rings. The van der Waals surface area contributed by atoms with Crippen LogP contribution in [0, 0.1) is 12.8 Å². The third-order valence-electron chi connectivity index (χ3n) is 4.45. The van der Waals surface area contributed by atoms with Gasteiger partial charge in [0.25, 0.3) is 0 Å². The zero-order valence-electron chi connectivity index (χ0n) is 15.3. The summed E-state index contributed by atoms with van der Waals surface area (Å²) >= 11 is 0. The van der Waals surface area contributed by atoms with Gasteiger partial charge >= 0.3 is 0 Å². The molecule has 0 bridgehead atoms. The molecule has 1 aromatic heterocycles. The van der Waals surface area contributed by atoms with Gasteiger partial charge in [0.2, 0.25) is 0 Å². The number of hydrogen-bond acceptors (Lipinski definition) is 2. The molecule has 0 unspecified atom stereocenters. The lowest BCUT2D eigenvalue weighted by Crippen LogP contribution is -2.10. The summed E-state index contributed by atoms with van der Waals surface area (Å²) in [5, 5.41) is 0. The minimum atomic E-state index is 0.507. The van der Waals surface area contributed by atoms with Crippen molar-refractivity contribution < 1.29 is 0 Å². The number of pyridine rings is 1. The molecule has 0 atom stereocenters. The van der Waals surface area contributed by atoms with Crippen LogP contribution in [0.3, 0.4) is 0 Å². The van der Waals surface area contributed by atoms with Crippen LogP contribution in [0.2, 0.25) is 0 Å². The van der Waals surface area contributed by atoms with Gasteiger partial charge in [0.1, 0.15) is 0 Å². The highest BCUT2D eigenvalue weighted by molar-refractivity contribution is 5.74. The van der Waals surface area contributed by atoms with Crippen LogP contribution >= 0.6 is 0 Å². The Hall–Kier alpha value is -2.45. The van der Waals surface area contributed by atoms with Crippen LogP contribution in [0.15, 0.2) is 60.7 Å². The van der Waals surface area contributed by atoms with Crippen molar-refractivity contribution in [3.05, 3.63) is 77.5 Å². The molecule has 2 aromatic carbocycles. The molecule has 0 saturated carbocycles. The van der Waals surface area contributed by atoms with Gasteiger partial charge in [-0.1, -0.05) is 74.0 Å². The highest BCUT2D eigenvalue weighted by Gasteiger charge is 2.15. The number of rotatable bonds is 5. The predicted octanol–water partition coefficient (Wildman–Crippen LogP) is 5.38. The molecule has 25 heavy (non-hydrogen) atoms. The van der Waals surface area contributed by atoms with E-state index in [1.165, 1.54) is 16.7 Å². The van der Waals surface area contributed by atoms with Crippen molar-refractivity contribution in [1.29, 1.82) is 0 Å². The van der Waals surface area contributed by atoms with Gasteiger partial charge in [0, 0.05) is 17.8 Å². The maximum absolute atomic E-state index is 6.14. The van der Waals surface area contributed by atoms with E-state index in [-0.39, 0.29) is 0 Å². The van der Waals surface area contributed by atoms with E-state index in [9.17, 15) is 0 Å². The van der Waals surface area contributed by atoms with Crippen LogP contribution < -0.4 is 5.73 Å². The smallest absolute Gasteiger partial charge is 0.0711 e. The first-order valence-electron chi connectivity index (χ1n) is 8.93. The molecule has 128 valence electrons. The Morgan fingerprint density at radius 3 is 2.20 bits per heavy atom. The zero-order valence-corrected chi connectivity index (χ0v) is 15.3. The quantitative estimate of drug-likeness (QED) is 0.682. The number of nitrogens with zero attached hydrogens (tertiary/aromatic N) is 1. The Bertz CT molecular complexity index is 834. The summed E-state index contributed by atoms with van der Waals surface area (Å²) < 4.78 is 0. The molecule has 0 aliphatic heterocycles. The third kappa shape index (κ3) is 3.97. The van der Waals surface area contributed by atoms with Crippen molar-refractivity contribution in [2.24, 2.45) is 11.7 Å². The van der Waals surface area contributed by atoms with Gasteiger partial charge in [-0.05, 0) is 42.0 Å². The van der Waals surface area contributed by atoms with E-state index in [2.05, 4.69) is 75.4 Å². The SMILES string of the molecule is Cc1ccc(-c2cc(-c3ccccc3)nc(CC(C)C)c2CN)cc1. The number of aryl methyl sites for hydroxylation is 1. The van der Waals surface area contributed by atoms with Gasteiger partial charge in [-0.3, -0.25) is 4.98 Å². The topological polar surface area (TPSA) is 38.9 Å². The van der Waals surface area contributed by atoms with E-state index in [0.717, 1.165) is 28.9 Å². The first kappa shape index (κ1) is 17.4.